The van der Waals surface area contributed by atoms with Crippen LogP contribution in [0.4, 0.5) is 0 Å². The van der Waals surface area contributed by atoms with Gasteiger partial charge < -0.3 is 24.4 Å². The van der Waals surface area contributed by atoms with E-state index in [-0.39, 0.29) is 36.4 Å². The minimum Gasteiger partial charge on any atom is -0.461 e. The van der Waals surface area contributed by atoms with Crippen LogP contribution in [0.25, 0.3) is 0 Å². The van der Waals surface area contributed by atoms with E-state index in [0.29, 0.717) is 25.8 Å². The highest BCUT2D eigenvalue weighted by atomic mass is 16.6. The lowest BCUT2D eigenvalue weighted by molar-refractivity contribution is -0.157. The molecule has 0 aliphatic carbocycles. The van der Waals surface area contributed by atoms with Crippen LogP contribution in [-0.4, -0.2) is 81.8 Å². The van der Waals surface area contributed by atoms with Crippen molar-refractivity contribution in [1.29, 1.82) is 0 Å². The molecule has 2 unspecified atom stereocenters. The molecule has 3 heterocycles. The molecule has 0 aromatic heterocycles. The normalized spacial score (nSPS) is 29.4. The van der Waals surface area contributed by atoms with Crippen LogP contribution in [0.5, 0.6) is 0 Å². The van der Waals surface area contributed by atoms with E-state index < -0.39 is 47.1 Å². The highest BCUT2D eigenvalue weighted by Crippen LogP contribution is 2.59. The average molecular weight is 533 g/mol. The Morgan fingerprint density at radius 3 is 2.42 bits per heavy atom. The van der Waals surface area contributed by atoms with Crippen molar-refractivity contribution >= 4 is 17.8 Å². The Labute approximate surface area is 228 Å². The van der Waals surface area contributed by atoms with Crippen LogP contribution in [0.3, 0.4) is 0 Å². The van der Waals surface area contributed by atoms with Gasteiger partial charge in [-0.3, -0.25) is 14.4 Å². The van der Waals surface area contributed by atoms with Crippen molar-refractivity contribution in [3.05, 3.63) is 25.3 Å². The molecular weight excluding hydrogens is 484 g/mol. The number of fused-ring (bicyclic) bond motifs is 1. The molecule has 3 fully saturated rings. The predicted octanol–water partition coefficient (Wildman–Crippen LogP) is 3.73. The van der Waals surface area contributed by atoms with E-state index in [1.54, 1.807) is 15.9 Å². The van der Waals surface area contributed by atoms with Gasteiger partial charge in [0.05, 0.1) is 30.6 Å². The standard InChI is InChI=1S/C30H48N2O6/c1-10-14-31(29(8,9)18-28(5,6)7)26(35)24-30-13-12-21(38-30)22(27(36)37-15-11-2)23(30)25(34)32(24)20(17-33)16-19(3)4/h10-11,19-24,33H,1-2,12-18H2,3-9H3/t20-,21-,22+,23+,24?,30?/m1/s1. The van der Waals surface area contributed by atoms with Gasteiger partial charge in [0.1, 0.15) is 18.2 Å². The minimum atomic E-state index is -1.14. The number of hydrogen-bond donors (Lipinski definition) is 1. The second-order valence-corrected chi connectivity index (χ2v) is 13.5. The van der Waals surface area contributed by atoms with Gasteiger partial charge in [-0.25, -0.2) is 0 Å². The summed E-state index contributed by atoms with van der Waals surface area (Å²) < 4.78 is 11.9. The number of carbonyl (C=O) groups excluding carboxylic acids is 3. The number of rotatable bonds is 12. The molecule has 2 bridgehead atoms. The first-order valence-electron chi connectivity index (χ1n) is 14.0. The summed E-state index contributed by atoms with van der Waals surface area (Å²) in [6, 6.07) is -1.52. The van der Waals surface area contributed by atoms with Crippen LogP contribution in [0, 0.1) is 23.2 Å². The highest BCUT2D eigenvalue weighted by molar-refractivity contribution is 5.98. The number of likely N-dealkylation sites (tertiary alicyclic amines) is 1. The number of amides is 2. The van der Waals surface area contributed by atoms with Gasteiger partial charge in [0.25, 0.3) is 0 Å². The first kappa shape index (κ1) is 30.4. The Hall–Kier alpha value is -2.19. The Balaban J connectivity index is 2.13. The maximum Gasteiger partial charge on any atom is 0.312 e. The van der Waals surface area contributed by atoms with Crippen molar-refractivity contribution < 1.29 is 29.0 Å². The molecule has 8 nitrogen and oxygen atoms in total. The van der Waals surface area contributed by atoms with E-state index in [9.17, 15) is 19.5 Å². The molecule has 0 radical (unpaired) electrons. The van der Waals surface area contributed by atoms with Gasteiger partial charge in [-0.2, -0.15) is 0 Å². The van der Waals surface area contributed by atoms with E-state index in [1.165, 1.54) is 6.08 Å². The van der Waals surface area contributed by atoms with Crippen LogP contribution in [0.15, 0.2) is 25.3 Å². The maximum atomic E-state index is 14.7. The molecule has 3 rings (SSSR count). The molecule has 3 aliphatic heterocycles. The number of ether oxygens (including phenoxy) is 2. The molecule has 1 N–H and O–H groups in total. The zero-order valence-electron chi connectivity index (χ0n) is 24.4. The Morgan fingerprint density at radius 2 is 1.89 bits per heavy atom. The van der Waals surface area contributed by atoms with Gasteiger partial charge in [0.2, 0.25) is 11.8 Å². The van der Waals surface area contributed by atoms with E-state index >= 15 is 0 Å². The number of carbonyl (C=O) groups is 3. The molecule has 8 heteroatoms. The third kappa shape index (κ3) is 5.44. The molecule has 0 aromatic carbocycles. The zero-order chi connectivity index (χ0) is 28.6. The summed E-state index contributed by atoms with van der Waals surface area (Å²) in [4.78, 5) is 45.4. The molecule has 38 heavy (non-hydrogen) atoms. The molecule has 6 atom stereocenters. The lowest BCUT2D eigenvalue weighted by Crippen LogP contribution is -2.62. The largest absolute Gasteiger partial charge is 0.461 e. The summed E-state index contributed by atoms with van der Waals surface area (Å²) in [5, 5.41) is 10.5. The Kier molecular flexibility index (Phi) is 8.89. The third-order valence-corrected chi connectivity index (χ3v) is 8.21. The number of esters is 1. The van der Waals surface area contributed by atoms with Crippen LogP contribution in [-0.2, 0) is 23.9 Å². The van der Waals surface area contributed by atoms with Crippen LogP contribution < -0.4 is 0 Å². The molecule has 3 saturated heterocycles. The van der Waals surface area contributed by atoms with E-state index in [4.69, 9.17) is 9.47 Å². The fraction of sp³-hybridized carbons (Fsp3) is 0.767. The van der Waals surface area contributed by atoms with Crippen LogP contribution in [0.1, 0.15) is 74.1 Å². The van der Waals surface area contributed by atoms with Crippen molar-refractivity contribution in [2.45, 2.75) is 103 Å². The smallest absolute Gasteiger partial charge is 0.312 e. The maximum absolute atomic E-state index is 14.7. The number of aliphatic hydroxyl groups excluding tert-OH is 1. The summed E-state index contributed by atoms with van der Waals surface area (Å²) in [5.41, 5.74) is -1.74. The second kappa shape index (κ2) is 11.1. The summed E-state index contributed by atoms with van der Waals surface area (Å²) >= 11 is 0. The van der Waals surface area contributed by atoms with E-state index in [2.05, 4.69) is 33.9 Å². The summed E-state index contributed by atoms with van der Waals surface area (Å²) in [6.45, 7) is 22.1. The SMILES string of the molecule is C=CCOC(=O)[C@@H]1[C@H]2C(=O)N([C@@H](CO)CC(C)C)C(C(=O)N(CC=C)C(C)(C)CC(C)(C)C)C23CC[C@H]1O3. The summed E-state index contributed by atoms with van der Waals surface area (Å²) in [6.07, 6.45) is 5.03. The van der Waals surface area contributed by atoms with Gasteiger partial charge in [-0.1, -0.05) is 53.3 Å². The van der Waals surface area contributed by atoms with Crippen LogP contribution >= 0.6 is 0 Å². The molecular formula is C30H48N2O6. The predicted molar refractivity (Wildman–Crippen MR) is 146 cm³/mol. The van der Waals surface area contributed by atoms with Crippen molar-refractivity contribution in [2.24, 2.45) is 23.2 Å². The lowest BCUT2D eigenvalue weighted by atomic mass is 9.70. The second-order valence-electron chi connectivity index (χ2n) is 13.5. The fourth-order valence-corrected chi connectivity index (χ4v) is 7.39. The molecule has 2 amide bonds. The van der Waals surface area contributed by atoms with Gasteiger partial charge in [-0.05, 0) is 50.9 Å². The Bertz CT molecular complexity index is 938. The number of aliphatic hydroxyl groups is 1. The summed E-state index contributed by atoms with van der Waals surface area (Å²) in [5.74, 6) is -2.46. The van der Waals surface area contributed by atoms with Gasteiger partial charge in [-0.15, -0.1) is 6.58 Å². The Morgan fingerprint density at radius 1 is 1.24 bits per heavy atom. The average Bonchev–Trinajstić information content (AvgIpc) is 3.44. The van der Waals surface area contributed by atoms with Crippen LogP contribution in [0.2, 0.25) is 0 Å². The quantitative estimate of drug-likeness (QED) is 0.304. The monoisotopic (exact) mass is 532 g/mol. The lowest BCUT2D eigenvalue weighted by Gasteiger charge is -2.46. The first-order chi connectivity index (χ1) is 17.6. The van der Waals surface area contributed by atoms with Crippen molar-refractivity contribution in [2.75, 3.05) is 19.8 Å². The molecule has 0 aromatic rings. The molecule has 1 spiro atoms. The molecule has 0 saturated carbocycles. The van der Waals surface area contributed by atoms with Gasteiger partial charge in [0, 0.05) is 12.1 Å². The zero-order valence-corrected chi connectivity index (χ0v) is 24.4. The minimum absolute atomic E-state index is 0.0444. The highest BCUT2D eigenvalue weighted by Gasteiger charge is 2.75. The van der Waals surface area contributed by atoms with Gasteiger partial charge in [0.15, 0.2) is 0 Å². The molecule has 3 aliphatic rings. The number of hydrogen-bond acceptors (Lipinski definition) is 6. The van der Waals surface area contributed by atoms with E-state index in [1.807, 2.05) is 27.7 Å². The molecule has 214 valence electrons. The van der Waals surface area contributed by atoms with Crippen molar-refractivity contribution in [3.63, 3.8) is 0 Å². The van der Waals surface area contributed by atoms with E-state index in [0.717, 1.165) is 6.42 Å². The topological polar surface area (TPSA) is 96.4 Å². The third-order valence-electron chi connectivity index (χ3n) is 8.21. The summed E-state index contributed by atoms with van der Waals surface area (Å²) in [7, 11) is 0. The fourth-order valence-electron chi connectivity index (χ4n) is 7.39. The van der Waals surface area contributed by atoms with Crippen molar-refractivity contribution in [1.82, 2.24) is 9.80 Å². The number of nitrogens with zero attached hydrogens (tertiary/aromatic N) is 2. The van der Waals surface area contributed by atoms with Crippen molar-refractivity contribution in [3.8, 4) is 0 Å². The first-order valence-corrected chi connectivity index (χ1v) is 14.0. The van der Waals surface area contributed by atoms with Gasteiger partial charge >= 0.3 is 5.97 Å².